The standard InChI is InChI=1S/C6H7N3O2/c1-10-3-4-6(8-2-11-4)9-5(3)7/h2,9H,7H2,1H3. The van der Waals surface area contributed by atoms with Gasteiger partial charge in [-0.05, 0) is 0 Å². The summed E-state index contributed by atoms with van der Waals surface area (Å²) in [4.78, 5) is 6.67. The highest BCUT2D eigenvalue weighted by atomic mass is 16.5. The van der Waals surface area contributed by atoms with E-state index in [-0.39, 0.29) is 0 Å². The molecule has 0 amide bonds. The molecule has 0 saturated carbocycles. The minimum atomic E-state index is 0.439. The molecular formula is C6H7N3O2. The summed E-state index contributed by atoms with van der Waals surface area (Å²) in [5.41, 5.74) is 6.70. The maximum atomic E-state index is 5.53. The van der Waals surface area contributed by atoms with Crippen LogP contribution in [0.3, 0.4) is 0 Å². The molecule has 5 nitrogen and oxygen atoms in total. The van der Waals surface area contributed by atoms with Gasteiger partial charge in [0.15, 0.2) is 12.0 Å². The predicted molar refractivity (Wildman–Crippen MR) is 39.3 cm³/mol. The first-order valence-electron chi connectivity index (χ1n) is 3.07. The zero-order valence-electron chi connectivity index (χ0n) is 5.92. The van der Waals surface area contributed by atoms with Gasteiger partial charge in [0.2, 0.25) is 11.3 Å². The molecule has 0 aliphatic carbocycles. The second kappa shape index (κ2) is 1.91. The number of aromatic amines is 1. The highest BCUT2D eigenvalue weighted by molar-refractivity contribution is 5.83. The van der Waals surface area contributed by atoms with Crippen LogP contribution in [0.4, 0.5) is 5.82 Å². The van der Waals surface area contributed by atoms with Gasteiger partial charge in [0, 0.05) is 0 Å². The summed E-state index contributed by atoms with van der Waals surface area (Å²) >= 11 is 0. The van der Waals surface area contributed by atoms with Crippen molar-refractivity contribution in [3.05, 3.63) is 6.39 Å². The summed E-state index contributed by atoms with van der Waals surface area (Å²) in [6, 6.07) is 0. The van der Waals surface area contributed by atoms with Crippen molar-refractivity contribution in [1.82, 2.24) is 9.97 Å². The number of nitrogen functional groups attached to an aromatic ring is 1. The number of oxazole rings is 1. The van der Waals surface area contributed by atoms with Gasteiger partial charge in [0.25, 0.3) is 0 Å². The summed E-state index contributed by atoms with van der Waals surface area (Å²) in [5.74, 6) is 0.951. The number of hydrogen-bond acceptors (Lipinski definition) is 4. The summed E-state index contributed by atoms with van der Waals surface area (Å²) in [6.45, 7) is 0. The van der Waals surface area contributed by atoms with Crippen molar-refractivity contribution in [2.24, 2.45) is 0 Å². The predicted octanol–water partition coefficient (Wildman–Crippen LogP) is 0.747. The topological polar surface area (TPSA) is 77.1 Å². The molecule has 0 aromatic carbocycles. The van der Waals surface area contributed by atoms with E-state index >= 15 is 0 Å². The van der Waals surface area contributed by atoms with Crippen molar-refractivity contribution in [3.63, 3.8) is 0 Å². The average molecular weight is 153 g/mol. The number of rotatable bonds is 1. The van der Waals surface area contributed by atoms with Crippen LogP contribution < -0.4 is 10.5 Å². The second-order valence-electron chi connectivity index (χ2n) is 2.10. The maximum Gasteiger partial charge on any atom is 0.217 e. The fourth-order valence-electron chi connectivity index (χ4n) is 1.01. The van der Waals surface area contributed by atoms with Gasteiger partial charge in [-0.2, -0.15) is 4.98 Å². The molecule has 0 saturated heterocycles. The van der Waals surface area contributed by atoms with Gasteiger partial charge >= 0.3 is 0 Å². The van der Waals surface area contributed by atoms with E-state index in [0.717, 1.165) is 0 Å². The lowest BCUT2D eigenvalue weighted by molar-refractivity contribution is 0.412. The summed E-state index contributed by atoms with van der Waals surface area (Å²) in [5, 5.41) is 0. The molecule has 0 spiro atoms. The van der Waals surface area contributed by atoms with E-state index in [4.69, 9.17) is 14.9 Å². The smallest absolute Gasteiger partial charge is 0.217 e. The molecule has 58 valence electrons. The second-order valence-corrected chi connectivity index (χ2v) is 2.10. The molecule has 0 aliphatic heterocycles. The van der Waals surface area contributed by atoms with Crippen molar-refractivity contribution < 1.29 is 9.15 Å². The lowest BCUT2D eigenvalue weighted by atomic mass is 10.5. The molecule has 0 aliphatic rings. The zero-order chi connectivity index (χ0) is 7.84. The van der Waals surface area contributed by atoms with Gasteiger partial charge in [0.05, 0.1) is 7.11 Å². The number of fused-ring (bicyclic) bond motifs is 1. The first-order chi connectivity index (χ1) is 5.33. The fourth-order valence-corrected chi connectivity index (χ4v) is 1.01. The van der Waals surface area contributed by atoms with E-state index in [1.54, 1.807) is 0 Å². The van der Waals surface area contributed by atoms with Crippen LogP contribution in [0.5, 0.6) is 5.75 Å². The molecule has 2 rings (SSSR count). The molecule has 5 heteroatoms. The van der Waals surface area contributed by atoms with Gasteiger partial charge < -0.3 is 19.9 Å². The Hall–Kier alpha value is -1.65. The van der Waals surface area contributed by atoms with Crippen LogP contribution in [0.25, 0.3) is 11.2 Å². The molecule has 2 heterocycles. The average Bonchev–Trinajstić information content (AvgIpc) is 2.46. The number of nitrogens with two attached hydrogens (primary N) is 1. The van der Waals surface area contributed by atoms with E-state index in [1.807, 2.05) is 0 Å². The van der Waals surface area contributed by atoms with E-state index in [9.17, 15) is 0 Å². The summed E-state index contributed by atoms with van der Waals surface area (Å²) < 4.78 is 9.98. The maximum absolute atomic E-state index is 5.53. The Morgan fingerprint density at radius 1 is 1.73 bits per heavy atom. The molecule has 3 N–H and O–H groups in total. The fraction of sp³-hybridized carbons (Fsp3) is 0.167. The Balaban J connectivity index is 2.80. The van der Waals surface area contributed by atoms with Gasteiger partial charge in [-0.15, -0.1) is 0 Å². The van der Waals surface area contributed by atoms with Crippen LogP contribution in [-0.2, 0) is 0 Å². The number of nitrogens with one attached hydrogen (secondary N) is 1. The van der Waals surface area contributed by atoms with Crippen LogP contribution in [0.2, 0.25) is 0 Å². The van der Waals surface area contributed by atoms with Gasteiger partial charge in [-0.25, -0.2) is 0 Å². The summed E-state index contributed by atoms with van der Waals surface area (Å²) in [6.07, 6.45) is 1.34. The molecular weight excluding hydrogens is 146 g/mol. The Morgan fingerprint density at radius 2 is 2.55 bits per heavy atom. The lowest BCUT2D eigenvalue weighted by Gasteiger charge is -1.93. The Bertz CT molecular complexity index is 376. The van der Waals surface area contributed by atoms with Gasteiger partial charge in [0.1, 0.15) is 5.82 Å². The van der Waals surface area contributed by atoms with Crippen molar-refractivity contribution in [3.8, 4) is 5.75 Å². The highest BCUT2D eigenvalue weighted by Gasteiger charge is 2.12. The minimum Gasteiger partial charge on any atom is -0.490 e. The van der Waals surface area contributed by atoms with Crippen molar-refractivity contribution >= 4 is 17.0 Å². The van der Waals surface area contributed by atoms with Gasteiger partial charge in [-0.1, -0.05) is 0 Å². The molecule has 2 aromatic rings. The Labute approximate surface area is 62.2 Å². The Morgan fingerprint density at radius 3 is 3.27 bits per heavy atom. The number of anilines is 1. The zero-order valence-corrected chi connectivity index (χ0v) is 5.92. The van der Waals surface area contributed by atoms with E-state index in [1.165, 1.54) is 13.5 Å². The molecule has 0 fully saturated rings. The van der Waals surface area contributed by atoms with Crippen LogP contribution >= 0.6 is 0 Å². The highest BCUT2D eigenvalue weighted by Crippen LogP contribution is 2.30. The molecule has 11 heavy (non-hydrogen) atoms. The largest absolute Gasteiger partial charge is 0.490 e. The number of nitrogens with zero attached hydrogens (tertiary/aromatic N) is 1. The summed E-state index contributed by atoms with van der Waals surface area (Å²) in [7, 11) is 1.53. The number of ether oxygens (including phenoxy) is 1. The molecule has 0 radical (unpaired) electrons. The molecule has 0 unspecified atom stereocenters. The van der Waals surface area contributed by atoms with Crippen LogP contribution in [0.1, 0.15) is 0 Å². The monoisotopic (exact) mass is 153 g/mol. The van der Waals surface area contributed by atoms with E-state index in [2.05, 4.69) is 9.97 Å². The third kappa shape index (κ3) is 0.674. The van der Waals surface area contributed by atoms with E-state index in [0.29, 0.717) is 22.8 Å². The number of hydrogen-bond donors (Lipinski definition) is 2. The molecule has 2 aromatic heterocycles. The number of methoxy groups -OCH3 is 1. The SMILES string of the molecule is COc1c(N)[nH]c2ncoc12. The van der Waals surface area contributed by atoms with E-state index < -0.39 is 0 Å². The Kier molecular flexibility index (Phi) is 1.06. The quantitative estimate of drug-likeness (QED) is 0.633. The third-order valence-electron chi connectivity index (χ3n) is 1.48. The van der Waals surface area contributed by atoms with Crippen LogP contribution in [0, 0.1) is 0 Å². The number of aromatic nitrogens is 2. The third-order valence-corrected chi connectivity index (χ3v) is 1.48. The first-order valence-corrected chi connectivity index (χ1v) is 3.07. The van der Waals surface area contributed by atoms with Crippen molar-refractivity contribution in [2.45, 2.75) is 0 Å². The van der Waals surface area contributed by atoms with Crippen molar-refractivity contribution in [2.75, 3.05) is 12.8 Å². The lowest BCUT2D eigenvalue weighted by Crippen LogP contribution is -1.89. The molecule has 0 atom stereocenters. The van der Waals surface area contributed by atoms with Gasteiger partial charge in [-0.3, -0.25) is 0 Å². The number of H-pyrrole nitrogens is 1. The van der Waals surface area contributed by atoms with Crippen LogP contribution in [-0.4, -0.2) is 17.1 Å². The molecule has 0 bridgehead atoms. The normalized spacial score (nSPS) is 10.6. The minimum absolute atomic E-state index is 0.439. The van der Waals surface area contributed by atoms with Crippen LogP contribution in [0.15, 0.2) is 10.8 Å². The van der Waals surface area contributed by atoms with Crippen molar-refractivity contribution in [1.29, 1.82) is 0 Å². The first kappa shape index (κ1) is 6.09.